The minimum absolute atomic E-state index is 0.622. The molecule has 0 radical (unpaired) electrons. The number of ether oxygens (including phenoxy) is 2. The average molecular weight is 234 g/mol. The summed E-state index contributed by atoms with van der Waals surface area (Å²) in [6, 6.07) is 8.05. The Kier molecular flexibility index (Phi) is 7.15. The minimum Gasteiger partial charge on any atom is -0.493 e. The van der Waals surface area contributed by atoms with E-state index < -0.39 is 0 Å². The van der Waals surface area contributed by atoms with Gasteiger partial charge in [-0.2, -0.15) is 0 Å². The van der Waals surface area contributed by atoms with Crippen LogP contribution < -0.4 is 4.74 Å². The first kappa shape index (κ1) is 13.8. The lowest BCUT2D eigenvalue weighted by molar-refractivity contribution is 0.131. The van der Waals surface area contributed by atoms with E-state index in [1.807, 2.05) is 31.2 Å². The highest BCUT2D eigenvalue weighted by atomic mass is 16.5. The number of hydrogen-bond donors (Lipinski definition) is 0. The Balaban J connectivity index is 2.43. The maximum atomic E-state index is 5.75. The van der Waals surface area contributed by atoms with Crippen LogP contribution in [0.5, 0.6) is 5.75 Å². The van der Waals surface area contributed by atoms with Crippen molar-refractivity contribution in [1.29, 1.82) is 0 Å². The molecule has 0 fully saturated rings. The highest BCUT2D eigenvalue weighted by Gasteiger charge is 2.01. The van der Waals surface area contributed by atoms with Crippen LogP contribution in [0.25, 0.3) is 0 Å². The fraction of sp³-hybridized carbons (Fsp3) is 0.467. The molecular weight excluding hydrogens is 212 g/mol. The molecule has 0 saturated heterocycles. The van der Waals surface area contributed by atoms with Gasteiger partial charge in [0.15, 0.2) is 0 Å². The summed E-state index contributed by atoms with van der Waals surface area (Å²) in [5.41, 5.74) is 1.12. The first-order chi connectivity index (χ1) is 8.38. The van der Waals surface area contributed by atoms with E-state index >= 15 is 0 Å². The van der Waals surface area contributed by atoms with Crippen LogP contribution in [0.2, 0.25) is 0 Å². The molecule has 0 aliphatic heterocycles. The molecule has 2 nitrogen and oxygen atoms in total. The fourth-order valence-electron chi connectivity index (χ4n) is 1.50. The molecule has 0 aliphatic rings. The van der Waals surface area contributed by atoms with E-state index in [4.69, 9.17) is 9.47 Å². The van der Waals surface area contributed by atoms with E-state index in [1.165, 1.54) is 0 Å². The van der Waals surface area contributed by atoms with Crippen molar-refractivity contribution >= 4 is 0 Å². The molecule has 0 spiro atoms. The monoisotopic (exact) mass is 234 g/mol. The van der Waals surface area contributed by atoms with E-state index in [1.54, 1.807) is 0 Å². The minimum atomic E-state index is 0.622. The van der Waals surface area contributed by atoms with Crippen LogP contribution in [0.3, 0.4) is 0 Å². The lowest BCUT2D eigenvalue weighted by Crippen LogP contribution is -2.00. The third-order valence-corrected chi connectivity index (χ3v) is 2.38. The Morgan fingerprint density at radius 1 is 1.12 bits per heavy atom. The SMILES string of the molecule is CCC=CCCOc1ccccc1COCC. The number of allylic oxidation sites excluding steroid dienone is 1. The van der Waals surface area contributed by atoms with Crippen LogP contribution >= 0.6 is 0 Å². The fourth-order valence-corrected chi connectivity index (χ4v) is 1.50. The second-order valence-electron chi connectivity index (χ2n) is 3.76. The summed E-state index contributed by atoms with van der Waals surface area (Å²) < 4.78 is 11.2. The molecule has 17 heavy (non-hydrogen) atoms. The Morgan fingerprint density at radius 3 is 2.71 bits per heavy atom. The Morgan fingerprint density at radius 2 is 1.94 bits per heavy atom. The molecule has 94 valence electrons. The van der Waals surface area contributed by atoms with Crippen molar-refractivity contribution in [2.24, 2.45) is 0 Å². The van der Waals surface area contributed by atoms with Gasteiger partial charge in [-0.1, -0.05) is 37.3 Å². The molecule has 0 aromatic heterocycles. The van der Waals surface area contributed by atoms with Crippen LogP contribution in [-0.4, -0.2) is 13.2 Å². The summed E-state index contributed by atoms with van der Waals surface area (Å²) in [5.74, 6) is 0.936. The third-order valence-electron chi connectivity index (χ3n) is 2.38. The summed E-state index contributed by atoms with van der Waals surface area (Å²) in [5, 5.41) is 0. The summed E-state index contributed by atoms with van der Waals surface area (Å²) in [4.78, 5) is 0. The first-order valence-corrected chi connectivity index (χ1v) is 6.32. The predicted molar refractivity (Wildman–Crippen MR) is 71.3 cm³/mol. The Bertz CT molecular complexity index is 331. The number of hydrogen-bond acceptors (Lipinski definition) is 2. The maximum absolute atomic E-state index is 5.75. The molecule has 0 atom stereocenters. The molecule has 0 saturated carbocycles. The van der Waals surface area contributed by atoms with Gasteiger partial charge in [-0.3, -0.25) is 0 Å². The zero-order valence-corrected chi connectivity index (χ0v) is 10.8. The van der Waals surface area contributed by atoms with E-state index in [0.717, 1.165) is 37.4 Å². The highest BCUT2D eigenvalue weighted by molar-refractivity contribution is 5.32. The van der Waals surface area contributed by atoms with Crippen LogP contribution in [0.15, 0.2) is 36.4 Å². The van der Waals surface area contributed by atoms with Gasteiger partial charge in [-0.15, -0.1) is 0 Å². The van der Waals surface area contributed by atoms with E-state index in [2.05, 4.69) is 19.1 Å². The molecule has 2 heteroatoms. The van der Waals surface area contributed by atoms with Gasteiger partial charge in [0.25, 0.3) is 0 Å². The molecule has 0 unspecified atom stereocenters. The van der Waals surface area contributed by atoms with Gasteiger partial charge < -0.3 is 9.47 Å². The second kappa shape index (κ2) is 8.82. The smallest absolute Gasteiger partial charge is 0.124 e. The van der Waals surface area contributed by atoms with Crippen LogP contribution in [0.4, 0.5) is 0 Å². The summed E-state index contributed by atoms with van der Waals surface area (Å²) in [6.07, 6.45) is 6.36. The molecule has 0 bridgehead atoms. The van der Waals surface area contributed by atoms with Crippen molar-refractivity contribution in [2.45, 2.75) is 33.3 Å². The van der Waals surface area contributed by atoms with Crippen molar-refractivity contribution in [3.63, 3.8) is 0 Å². The lowest BCUT2D eigenvalue weighted by Gasteiger charge is -2.10. The number of para-hydroxylation sites is 1. The summed E-state index contributed by atoms with van der Waals surface area (Å²) >= 11 is 0. The van der Waals surface area contributed by atoms with Crippen molar-refractivity contribution in [1.82, 2.24) is 0 Å². The zero-order chi connectivity index (χ0) is 12.3. The van der Waals surface area contributed by atoms with Crippen molar-refractivity contribution in [3.8, 4) is 5.75 Å². The van der Waals surface area contributed by atoms with E-state index in [-0.39, 0.29) is 0 Å². The van der Waals surface area contributed by atoms with Crippen LogP contribution in [0.1, 0.15) is 32.3 Å². The van der Waals surface area contributed by atoms with E-state index in [0.29, 0.717) is 6.61 Å². The van der Waals surface area contributed by atoms with Gasteiger partial charge >= 0.3 is 0 Å². The quantitative estimate of drug-likeness (QED) is 0.500. The zero-order valence-electron chi connectivity index (χ0n) is 10.8. The third kappa shape index (κ3) is 5.55. The van der Waals surface area contributed by atoms with Crippen LogP contribution in [0, 0.1) is 0 Å². The highest BCUT2D eigenvalue weighted by Crippen LogP contribution is 2.19. The van der Waals surface area contributed by atoms with Gasteiger partial charge in [-0.25, -0.2) is 0 Å². The standard InChI is InChI=1S/C15H22O2/c1-3-5-6-9-12-17-15-11-8-7-10-14(15)13-16-4-2/h5-8,10-11H,3-4,9,12-13H2,1-2H3. The number of benzene rings is 1. The van der Waals surface area contributed by atoms with Gasteiger partial charge in [0.2, 0.25) is 0 Å². The van der Waals surface area contributed by atoms with Crippen LogP contribution in [-0.2, 0) is 11.3 Å². The normalized spacial score (nSPS) is 10.9. The Hall–Kier alpha value is -1.28. The molecule has 0 N–H and O–H groups in total. The number of rotatable bonds is 8. The second-order valence-corrected chi connectivity index (χ2v) is 3.76. The largest absolute Gasteiger partial charge is 0.493 e. The first-order valence-electron chi connectivity index (χ1n) is 6.32. The van der Waals surface area contributed by atoms with Crippen molar-refractivity contribution in [2.75, 3.05) is 13.2 Å². The average Bonchev–Trinajstić information content (AvgIpc) is 2.37. The van der Waals surface area contributed by atoms with Gasteiger partial charge in [0.1, 0.15) is 5.75 Å². The summed E-state index contributed by atoms with van der Waals surface area (Å²) in [6.45, 7) is 6.21. The lowest BCUT2D eigenvalue weighted by atomic mass is 10.2. The van der Waals surface area contributed by atoms with E-state index in [9.17, 15) is 0 Å². The molecule has 1 aromatic rings. The van der Waals surface area contributed by atoms with Gasteiger partial charge in [0, 0.05) is 12.2 Å². The molecule has 0 heterocycles. The molecule has 0 aliphatic carbocycles. The van der Waals surface area contributed by atoms with Gasteiger partial charge in [0.05, 0.1) is 13.2 Å². The molecule has 1 aromatic carbocycles. The predicted octanol–water partition coefficient (Wildman–Crippen LogP) is 3.96. The molecule has 1 rings (SSSR count). The maximum Gasteiger partial charge on any atom is 0.124 e. The van der Waals surface area contributed by atoms with Gasteiger partial charge in [-0.05, 0) is 25.8 Å². The van der Waals surface area contributed by atoms with Crippen molar-refractivity contribution in [3.05, 3.63) is 42.0 Å². The molecular formula is C15H22O2. The Labute approximate surface area is 104 Å². The summed E-state index contributed by atoms with van der Waals surface area (Å²) in [7, 11) is 0. The molecule has 0 amide bonds. The topological polar surface area (TPSA) is 18.5 Å². The van der Waals surface area contributed by atoms with Crippen molar-refractivity contribution < 1.29 is 9.47 Å².